The summed E-state index contributed by atoms with van der Waals surface area (Å²) < 4.78 is 2.12. The lowest BCUT2D eigenvalue weighted by Crippen LogP contribution is -2.19. The number of nitrogens with one attached hydrogen (secondary N) is 1. The minimum atomic E-state index is -0.106. The number of hydrogen-bond donors (Lipinski definition) is 1. The molecule has 0 unspecified atom stereocenters. The zero-order valence-electron chi connectivity index (χ0n) is 16.0. The maximum absolute atomic E-state index is 12.2. The molecule has 0 radical (unpaired) electrons. The molecule has 0 spiro atoms. The molecule has 0 aliphatic carbocycles. The zero-order valence-corrected chi connectivity index (χ0v) is 16.0. The minimum Gasteiger partial charge on any atom is -0.347 e. The fourth-order valence-corrected chi connectivity index (χ4v) is 3.41. The van der Waals surface area contributed by atoms with Gasteiger partial charge in [-0.25, -0.2) is 5.43 Å². The molecule has 2 heterocycles. The van der Waals surface area contributed by atoms with Crippen LogP contribution in [0.1, 0.15) is 23.1 Å². The maximum atomic E-state index is 12.2. The number of amides is 1. The van der Waals surface area contributed by atoms with Crippen molar-refractivity contribution in [3.63, 3.8) is 0 Å². The Kier molecular flexibility index (Phi) is 4.89. The molecule has 5 heteroatoms. The van der Waals surface area contributed by atoms with Crippen LogP contribution in [0.15, 0.2) is 66.0 Å². The van der Waals surface area contributed by atoms with Crippen LogP contribution < -0.4 is 5.43 Å². The summed E-state index contributed by atoms with van der Waals surface area (Å²) in [6, 6.07) is 16.2. The maximum Gasteiger partial charge on any atom is 0.241 e. The molecule has 140 valence electrons. The van der Waals surface area contributed by atoms with Gasteiger partial charge in [-0.15, -0.1) is 0 Å². The second-order valence-electron chi connectivity index (χ2n) is 7.03. The third-order valence-electron chi connectivity index (χ3n) is 4.81. The average molecular weight is 370 g/mol. The summed E-state index contributed by atoms with van der Waals surface area (Å²) >= 11 is 0. The SMILES string of the molecule is Cc1cnc2ccc(C=NNC(=O)CCn3cc(C)c4ccccc43)cc2c1. The van der Waals surface area contributed by atoms with Crippen molar-refractivity contribution in [3.05, 3.63) is 77.6 Å². The molecule has 0 saturated heterocycles. The van der Waals surface area contributed by atoms with Gasteiger partial charge in [0.1, 0.15) is 0 Å². The van der Waals surface area contributed by atoms with Crippen LogP contribution in [0, 0.1) is 13.8 Å². The van der Waals surface area contributed by atoms with Crippen molar-refractivity contribution in [2.24, 2.45) is 5.10 Å². The molecule has 2 aromatic carbocycles. The summed E-state index contributed by atoms with van der Waals surface area (Å²) in [6.45, 7) is 4.73. The van der Waals surface area contributed by atoms with Gasteiger partial charge in [0.05, 0.1) is 11.7 Å². The fourth-order valence-electron chi connectivity index (χ4n) is 3.41. The lowest BCUT2D eigenvalue weighted by atomic mass is 10.1. The van der Waals surface area contributed by atoms with E-state index in [-0.39, 0.29) is 5.91 Å². The minimum absolute atomic E-state index is 0.106. The third-order valence-corrected chi connectivity index (χ3v) is 4.81. The smallest absolute Gasteiger partial charge is 0.241 e. The van der Waals surface area contributed by atoms with E-state index >= 15 is 0 Å². The summed E-state index contributed by atoms with van der Waals surface area (Å²) in [5.41, 5.74) is 7.97. The third kappa shape index (κ3) is 3.78. The average Bonchev–Trinajstić information content (AvgIpc) is 3.02. The molecule has 4 rings (SSSR count). The Hall–Kier alpha value is -3.47. The number of hydrazone groups is 1. The molecule has 0 bridgehead atoms. The van der Waals surface area contributed by atoms with Gasteiger partial charge in [-0.3, -0.25) is 9.78 Å². The van der Waals surface area contributed by atoms with E-state index in [1.165, 1.54) is 10.9 Å². The number of aromatic nitrogens is 2. The highest BCUT2D eigenvalue weighted by Crippen LogP contribution is 2.20. The van der Waals surface area contributed by atoms with Gasteiger partial charge >= 0.3 is 0 Å². The van der Waals surface area contributed by atoms with E-state index < -0.39 is 0 Å². The number of rotatable bonds is 5. The first kappa shape index (κ1) is 17.9. The summed E-state index contributed by atoms with van der Waals surface area (Å²) in [4.78, 5) is 16.5. The van der Waals surface area contributed by atoms with Crippen molar-refractivity contribution in [3.8, 4) is 0 Å². The topological polar surface area (TPSA) is 59.3 Å². The number of nitrogens with zero attached hydrogens (tertiary/aromatic N) is 3. The Morgan fingerprint density at radius 1 is 1.18 bits per heavy atom. The highest BCUT2D eigenvalue weighted by Gasteiger charge is 2.06. The summed E-state index contributed by atoms with van der Waals surface area (Å²) in [7, 11) is 0. The van der Waals surface area contributed by atoms with Crippen molar-refractivity contribution < 1.29 is 4.79 Å². The lowest BCUT2D eigenvalue weighted by Gasteiger charge is -2.04. The predicted molar refractivity (Wildman–Crippen MR) is 114 cm³/mol. The molecule has 0 aliphatic heterocycles. The monoisotopic (exact) mass is 370 g/mol. The van der Waals surface area contributed by atoms with Crippen LogP contribution in [0.2, 0.25) is 0 Å². The fraction of sp³-hybridized carbons (Fsp3) is 0.174. The molecule has 0 saturated carbocycles. The summed E-state index contributed by atoms with van der Waals surface area (Å²) in [5, 5.41) is 6.38. The van der Waals surface area contributed by atoms with Crippen LogP contribution in [0.3, 0.4) is 0 Å². The number of carbonyl (C=O) groups is 1. The van der Waals surface area contributed by atoms with Crippen LogP contribution in [0.4, 0.5) is 0 Å². The number of para-hydroxylation sites is 1. The van der Waals surface area contributed by atoms with Crippen LogP contribution >= 0.6 is 0 Å². The van der Waals surface area contributed by atoms with E-state index in [0.29, 0.717) is 13.0 Å². The second kappa shape index (κ2) is 7.64. The first-order valence-corrected chi connectivity index (χ1v) is 9.33. The molecular weight excluding hydrogens is 348 g/mol. The highest BCUT2D eigenvalue weighted by molar-refractivity contribution is 5.89. The van der Waals surface area contributed by atoms with Gasteiger partial charge in [-0.1, -0.05) is 24.3 Å². The molecular formula is C23H22N4O. The highest BCUT2D eigenvalue weighted by atomic mass is 16.2. The van der Waals surface area contributed by atoms with E-state index in [9.17, 15) is 4.79 Å². The Bertz CT molecular complexity index is 1190. The number of aryl methyl sites for hydroxylation is 3. The van der Waals surface area contributed by atoms with Gasteiger partial charge in [-0.05, 0) is 54.8 Å². The van der Waals surface area contributed by atoms with Gasteiger partial charge in [0, 0.05) is 41.6 Å². The molecule has 28 heavy (non-hydrogen) atoms. The normalized spacial score (nSPS) is 11.5. The molecule has 0 fully saturated rings. The standard InChI is InChI=1S/C23H22N4O/c1-16-11-19-12-18(7-8-21(19)24-13-16)14-25-26-23(28)9-10-27-15-17(2)20-5-3-4-6-22(20)27/h3-8,11-15H,9-10H2,1-2H3,(H,26,28). The van der Waals surface area contributed by atoms with Crippen molar-refractivity contribution in [1.29, 1.82) is 0 Å². The number of pyridine rings is 1. The molecule has 5 nitrogen and oxygen atoms in total. The van der Waals surface area contributed by atoms with Crippen LogP contribution in [0.5, 0.6) is 0 Å². The van der Waals surface area contributed by atoms with E-state index in [4.69, 9.17) is 0 Å². The van der Waals surface area contributed by atoms with Gasteiger partial charge in [-0.2, -0.15) is 5.10 Å². The summed E-state index contributed by atoms with van der Waals surface area (Å²) in [5.74, 6) is -0.106. The predicted octanol–water partition coefficient (Wildman–Crippen LogP) is 4.35. The molecule has 1 amide bonds. The van der Waals surface area contributed by atoms with E-state index in [1.807, 2.05) is 43.5 Å². The first-order valence-electron chi connectivity index (χ1n) is 9.33. The number of carbonyl (C=O) groups excluding carboxylic acids is 1. The lowest BCUT2D eigenvalue weighted by molar-refractivity contribution is -0.121. The first-order chi connectivity index (χ1) is 13.6. The summed E-state index contributed by atoms with van der Waals surface area (Å²) in [6.07, 6.45) is 5.98. The van der Waals surface area contributed by atoms with Gasteiger partial charge in [0.15, 0.2) is 0 Å². The Labute approximate surface area is 163 Å². The van der Waals surface area contributed by atoms with E-state index in [0.717, 1.165) is 27.5 Å². The Morgan fingerprint density at radius 3 is 2.93 bits per heavy atom. The van der Waals surface area contributed by atoms with Crippen molar-refractivity contribution in [2.45, 2.75) is 26.8 Å². The number of fused-ring (bicyclic) bond motifs is 2. The van der Waals surface area contributed by atoms with Crippen molar-refractivity contribution in [2.75, 3.05) is 0 Å². The van der Waals surface area contributed by atoms with Crippen LogP contribution in [-0.4, -0.2) is 21.7 Å². The molecule has 1 N–H and O–H groups in total. The molecule has 0 atom stereocenters. The largest absolute Gasteiger partial charge is 0.347 e. The number of benzene rings is 2. The zero-order chi connectivity index (χ0) is 19.5. The van der Waals surface area contributed by atoms with Crippen LogP contribution in [-0.2, 0) is 11.3 Å². The molecule has 2 aromatic heterocycles. The van der Waals surface area contributed by atoms with Gasteiger partial charge < -0.3 is 4.57 Å². The molecule has 0 aliphatic rings. The van der Waals surface area contributed by atoms with Crippen molar-refractivity contribution in [1.82, 2.24) is 15.0 Å². The van der Waals surface area contributed by atoms with E-state index in [2.05, 4.69) is 51.4 Å². The number of hydrogen-bond acceptors (Lipinski definition) is 3. The second-order valence-corrected chi connectivity index (χ2v) is 7.03. The molecule has 4 aromatic rings. The quantitative estimate of drug-likeness (QED) is 0.419. The van der Waals surface area contributed by atoms with Crippen molar-refractivity contribution >= 4 is 33.9 Å². The Morgan fingerprint density at radius 2 is 2.04 bits per heavy atom. The van der Waals surface area contributed by atoms with Gasteiger partial charge in [0.2, 0.25) is 5.91 Å². The van der Waals surface area contributed by atoms with Gasteiger partial charge in [0.25, 0.3) is 0 Å². The Balaban J connectivity index is 1.37. The van der Waals surface area contributed by atoms with E-state index in [1.54, 1.807) is 6.21 Å². The van der Waals surface area contributed by atoms with Crippen LogP contribution in [0.25, 0.3) is 21.8 Å².